The molecule has 1 saturated carbocycles. The van der Waals surface area contributed by atoms with Crippen molar-refractivity contribution < 1.29 is 14.2 Å². The molecule has 2 saturated heterocycles. The van der Waals surface area contributed by atoms with Crippen LogP contribution in [0.4, 0.5) is 10.2 Å². The number of fused-ring (bicyclic) bond motifs is 3. The van der Waals surface area contributed by atoms with Crippen molar-refractivity contribution in [3.05, 3.63) is 47.4 Å². The van der Waals surface area contributed by atoms with E-state index in [4.69, 9.17) is 19.7 Å². The van der Waals surface area contributed by atoms with Crippen LogP contribution < -0.4 is 9.64 Å². The third kappa shape index (κ3) is 5.19. The van der Waals surface area contributed by atoms with E-state index in [-0.39, 0.29) is 34.0 Å². The fraction of sp³-hybridized carbons (Fsp3) is 0.528. The lowest BCUT2D eigenvalue weighted by atomic mass is 9.75. The Kier molecular flexibility index (Phi) is 8.10. The Hall–Kier alpha value is -3.13. The van der Waals surface area contributed by atoms with Crippen LogP contribution in [0, 0.1) is 12.7 Å². The first-order valence-electron chi connectivity index (χ1n) is 16.7. The molecule has 3 aliphatic rings. The number of hydrogen-bond donors (Lipinski definition) is 1. The summed E-state index contributed by atoms with van der Waals surface area (Å²) in [6.07, 6.45) is 9.15. The molecule has 3 fully saturated rings. The van der Waals surface area contributed by atoms with Crippen LogP contribution in [0.25, 0.3) is 32.9 Å². The molecule has 2 aliphatic heterocycles. The first kappa shape index (κ1) is 31.5. The topological polar surface area (TPSA) is 77.9 Å². The van der Waals surface area contributed by atoms with E-state index in [1.165, 1.54) is 6.42 Å². The summed E-state index contributed by atoms with van der Waals surface area (Å²) in [7, 11) is 9.27. The van der Waals surface area contributed by atoms with Gasteiger partial charge in [0.05, 0.1) is 10.9 Å². The minimum atomic E-state index is -0.535. The SMILES string of the molecule is CCc1c(C)ccc2cc(O)cc(-c3ncc4c(N(C)CC5(N(C)C)CCC5)nc(OC[C@@]56CCCN5C[C@H](P)C6)nc4c3F)c12. The van der Waals surface area contributed by atoms with Gasteiger partial charge < -0.3 is 19.6 Å². The predicted molar refractivity (Wildman–Crippen MR) is 187 cm³/mol. The van der Waals surface area contributed by atoms with E-state index in [0.29, 0.717) is 29.0 Å². The van der Waals surface area contributed by atoms with E-state index < -0.39 is 5.82 Å². The molecule has 10 heteroatoms. The smallest absolute Gasteiger partial charge is 0.319 e. The lowest BCUT2D eigenvalue weighted by Gasteiger charge is -2.49. The van der Waals surface area contributed by atoms with Crippen molar-refractivity contribution in [2.75, 3.05) is 52.3 Å². The second-order valence-electron chi connectivity index (χ2n) is 14.2. The summed E-state index contributed by atoms with van der Waals surface area (Å²) in [4.78, 5) is 21.4. The normalized spacial score (nSPS) is 22.5. The predicted octanol–water partition coefficient (Wildman–Crippen LogP) is 6.34. The van der Waals surface area contributed by atoms with E-state index >= 15 is 4.39 Å². The maximum Gasteiger partial charge on any atom is 0.319 e. The maximum atomic E-state index is 17.0. The third-order valence-corrected chi connectivity index (χ3v) is 11.6. The molecule has 1 N–H and O–H groups in total. The van der Waals surface area contributed by atoms with Crippen LogP contribution in [-0.4, -0.2) is 94.0 Å². The molecule has 244 valence electrons. The van der Waals surface area contributed by atoms with Gasteiger partial charge in [0, 0.05) is 37.4 Å². The summed E-state index contributed by atoms with van der Waals surface area (Å²) in [5.74, 6) is 0.154. The quantitative estimate of drug-likeness (QED) is 0.212. The highest BCUT2D eigenvalue weighted by atomic mass is 31.0. The number of aromatic hydroxyl groups is 1. The van der Waals surface area contributed by atoms with E-state index in [1.807, 2.05) is 19.2 Å². The molecule has 2 aromatic heterocycles. The highest BCUT2D eigenvalue weighted by molar-refractivity contribution is 7.17. The molecular weight excluding hydrogens is 598 g/mol. The fourth-order valence-corrected chi connectivity index (χ4v) is 9.15. The number of pyridine rings is 1. The Morgan fingerprint density at radius 2 is 1.93 bits per heavy atom. The van der Waals surface area contributed by atoms with Crippen LogP contribution in [0.3, 0.4) is 0 Å². The lowest BCUT2D eigenvalue weighted by molar-refractivity contribution is 0.0681. The first-order chi connectivity index (χ1) is 22.0. The molecule has 1 aliphatic carbocycles. The van der Waals surface area contributed by atoms with Gasteiger partial charge in [-0.05, 0) is 112 Å². The number of halogens is 1. The summed E-state index contributed by atoms with van der Waals surface area (Å²) in [6, 6.07) is 7.56. The molecule has 3 atom stereocenters. The van der Waals surface area contributed by atoms with Gasteiger partial charge in [-0.2, -0.15) is 9.97 Å². The number of anilines is 1. The summed E-state index contributed by atoms with van der Waals surface area (Å²) in [6.45, 7) is 7.51. The van der Waals surface area contributed by atoms with Crippen LogP contribution in [0.5, 0.6) is 11.8 Å². The van der Waals surface area contributed by atoms with Crippen molar-refractivity contribution in [1.82, 2.24) is 24.8 Å². The first-order valence-corrected chi connectivity index (χ1v) is 17.3. The summed E-state index contributed by atoms with van der Waals surface area (Å²) in [5, 5.41) is 13.0. The molecule has 1 unspecified atom stereocenters. The van der Waals surface area contributed by atoms with Gasteiger partial charge in [0.2, 0.25) is 0 Å². The summed E-state index contributed by atoms with van der Waals surface area (Å²) >= 11 is 0. The molecule has 0 spiro atoms. The number of rotatable bonds is 9. The highest BCUT2D eigenvalue weighted by Gasteiger charge is 2.48. The maximum absolute atomic E-state index is 17.0. The number of likely N-dealkylation sites (N-methyl/N-ethyl adjacent to an activating group) is 2. The zero-order valence-electron chi connectivity index (χ0n) is 27.7. The van der Waals surface area contributed by atoms with Crippen molar-refractivity contribution >= 4 is 36.7 Å². The average Bonchev–Trinajstić information content (AvgIpc) is 3.53. The highest BCUT2D eigenvalue weighted by Crippen LogP contribution is 2.43. The number of hydrogen-bond acceptors (Lipinski definition) is 8. The Morgan fingerprint density at radius 3 is 2.65 bits per heavy atom. The summed E-state index contributed by atoms with van der Waals surface area (Å²) in [5.41, 5.74) is 3.68. The Balaban J connectivity index is 1.36. The molecule has 0 amide bonds. The molecule has 2 aromatic carbocycles. The van der Waals surface area contributed by atoms with E-state index in [9.17, 15) is 5.11 Å². The summed E-state index contributed by atoms with van der Waals surface area (Å²) < 4.78 is 23.5. The van der Waals surface area contributed by atoms with Crippen molar-refractivity contribution in [2.45, 2.75) is 75.5 Å². The van der Waals surface area contributed by atoms with E-state index in [2.05, 4.69) is 51.9 Å². The zero-order chi connectivity index (χ0) is 32.4. The number of benzene rings is 2. The largest absolute Gasteiger partial charge is 0.508 e. The minimum Gasteiger partial charge on any atom is -0.508 e. The Morgan fingerprint density at radius 1 is 1.13 bits per heavy atom. The van der Waals surface area contributed by atoms with Gasteiger partial charge in [0.15, 0.2) is 5.82 Å². The molecule has 7 rings (SSSR count). The molecule has 4 aromatic rings. The monoisotopic (exact) mass is 644 g/mol. The molecule has 46 heavy (non-hydrogen) atoms. The van der Waals surface area contributed by atoms with Crippen LogP contribution >= 0.6 is 9.24 Å². The van der Waals surface area contributed by atoms with Gasteiger partial charge in [-0.3, -0.25) is 9.88 Å². The molecular formula is C36H46FN6O2P. The number of nitrogens with zero attached hydrogens (tertiary/aromatic N) is 6. The fourth-order valence-electron chi connectivity index (χ4n) is 8.45. The number of phenols is 1. The van der Waals surface area contributed by atoms with Gasteiger partial charge in [0.25, 0.3) is 0 Å². The number of aryl methyl sites for hydroxylation is 2. The van der Waals surface area contributed by atoms with Gasteiger partial charge in [0.1, 0.15) is 29.4 Å². The molecule has 4 heterocycles. The van der Waals surface area contributed by atoms with Crippen LogP contribution in [0.2, 0.25) is 0 Å². The Labute approximate surface area is 273 Å². The van der Waals surface area contributed by atoms with Gasteiger partial charge in [-0.15, -0.1) is 9.24 Å². The minimum absolute atomic E-state index is 0.0332. The number of ether oxygens (including phenoxy) is 1. The van der Waals surface area contributed by atoms with Crippen LogP contribution in [0.15, 0.2) is 30.5 Å². The lowest BCUT2D eigenvalue weighted by Crippen LogP contribution is -2.56. The third-order valence-electron chi connectivity index (χ3n) is 11.1. The second kappa shape index (κ2) is 11.8. The molecule has 0 radical (unpaired) electrons. The van der Waals surface area contributed by atoms with Crippen molar-refractivity contribution in [2.24, 2.45) is 0 Å². The molecule has 8 nitrogen and oxygen atoms in total. The van der Waals surface area contributed by atoms with E-state index in [0.717, 1.165) is 80.1 Å². The van der Waals surface area contributed by atoms with Crippen LogP contribution in [-0.2, 0) is 6.42 Å². The molecule has 0 bridgehead atoms. The van der Waals surface area contributed by atoms with Crippen molar-refractivity contribution in [3.63, 3.8) is 0 Å². The van der Waals surface area contributed by atoms with Crippen molar-refractivity contribution in [1.29, 1.82) is 0 Å². The average molecular weight is 645 g/mol. The number of phenolic OH excluding ortho intramolecular Hbond substituents is 1. The Bertz CT molecular complexity index is 1810. The van der Waals surface area contributed by atoms with Gasteiger partial charge in [-0.25, -0.2) is 4.39 Å². The van der Waals surface area contributed by atoms with Crippen LogP contribution in [0.1, 0.15) is 56.6 Å². The van der Waals surface area contributed by atoms with Gasteiger partial charge in [-0.1, -0.05) is 19.1 Å². The standard InChI is InChI=1S/C36H46FN6O2P/c1-6-26-22(2)9-10-23-15-24(44)16-27(29(23)26)31-30(37)32-28(18-38-31)33(42(5)20-35(41(3)4)11-7-12-35)40-34(39-32)45-21-36-13-8-14-43(36)19-25(46)17-36/h9-10,15-16,18,25,44H,6-8,11-14,17,19-21,46H2,1-5H3/t25-,36+/m1/s1. The van der Waals surface area contributed by atoms with Gasteiger partial charge >= 0.3 is 6.01 Å². The van der Waals surface area contributed by atoms with Crippen molar-refractivity contribution in [3.8, 4) is 23.0 Å². The number of aromatic nitrogens is 3. The van der Waals surface area contributed by atoms with E-state index in [1.54, 1.807) is 18.3 Å². The zero-order valence-corrected chi connectivity index (χ0v) is 28.9. The second-order valence-corrected chi connectivity index (χ2v) is 15.1.